The molecule has 2 amide bonds. The Balaban J connectivity index is 1.40. The van der Waals surface area contributed by atoms with Crippen molar-refractivity contribution in [2.75, 3.05) is 18.6 Å². The van der Waals surface area contributed by atoms with Crippen molar-refractivity contribution in [2.24, 2.45) is 0 Å². The van der Waals surface area contributed by atoms with E-state index in [1.165, 1.54) is 25.9 Å². The van der Waals surface area contributed by atoms with E-state index in [1.807, 2.05) is 12.1 Å². The predicted octanol–water partition coefficient (Wildman–Crippen LogP) is 7.51. The number of carbonyl (C=O) groups excluding carboxylic acids is 2. The Morgan fingerprint density at radius 1 is 0.739 bits per heavy atom. The lowest BCUT2D eigenvalue weighted by Gasteiger charge is -2.44. The minimum absolute atomic E-state index is 0.200. The number of anilines is 2. The van der Waals surface area contributed by atoms with Gasteiger partial charge in [-0.15, -0.1) is 0 Å². The van der Waals surface area contributed by atoms with Gasteiger partial charge in [-0.05, 0) is 56.9 Å². The second kappa shape index (κ2) is 11.7. The molecule has 46 heavy (non-hydrogen) atoms. The number of para-hydroxylation sites is 1. The number of imide groups is 1. The van der Waals surface area contributed by atoms with Crippen LogP contribution in [0.3, 0.4) is 0 Å². The Morgan fingerprint density at radius 3 is 2.02 bits per heavy atom. The molecule has 7 heteroatoms. The van der Waals surface area contributed by atoms with E-state index in [-0.39, 0.29) is 22.8 Å². The molecule has 5 nitrogen and oxygen atoms in total. The summed E-state index contributed by atoms with van der Waals surface area (Å²) in [5.41, 5.74) is 5.20. The molecule has 0 spiro atoms. The zero-order chi connectivity index (χ0) is 32.1. The summed E-state index contributed by atoms with van der Waals surface area (Å²) in [6.45, 7) is 7.24. The third-order valence-corrected chi connectivity index (χ3v) is 15.5. The van der Waals surface area contributed by atoms with Crippen molar-refractivity contribution in [3.8, 4) is 0 Å². The molecule has 7 rings (SSSR count). The maximum atomic E-state index is 12.9. The zero-order valence-corrected chi connectivity index (χ0v) is 28.2. The first-order valence-electron chi connectivity index (χ1n) is 15.6. The molecule has 1 unspecified atom stereocenters. The van der Waals surface area contributed by atoms with Crippen LogP contribution >= 0.6 is 11.8 Å². The van der Waals surface area contributed by atoms with E-state index < -0.39 is 8.32 Å². The molecular formula is C39H36N2O3SSi. The van der Waals surface area contributed by atoms with Crippen molar-refractivity contribution < 1.29 is 14.0 Å². The summed E-state index contributed by atoms with van der Waals surface area (Å²) in [5, 5.41) is 4.69. The summed E-state index contributed by atoms with van der Waals surface area (Å²) in [5.74, 6) is -0.916. The molecule has 0 aliphatic carbocycles. The molecule has 2 heterocycles. The summed E-state index contributed by atoms with van der Waals surface area (Å²) < 4.78 is 7.54. The lowest BCUT2D eigenvalue weighted by atomic mass is 9.89. The molecule has 0 saturated carbocycles. The summed E-state index contributed by atoms with van der Waals surface area (Å²) in [6, 6.07) is 41.9. The van der Waals surface area contributed by atoms with Gasteiger partial charge in [0.2, 0.25) is 0 Å². The van der Waals surface area contributed by atoms with Crippen LogP contribution in [-0.2, 0) is 4.43 Å². The van der Waals surface area contributed by atoms with Gasteiger partial charge < -0.3 is 9.33 Å². The average Bonchev–Trinajstić information content (AvgIpc) is 3.35. The first-order chi connectivity index (χ1) is 22.2. The number of nitrogens with one attached hydrogen (secondary N) is 1. The fourth-order valence-electron chi connectivity index (χ4n) is 6.99. The van der Waals surface area contributed by atoms with Crippen LogP contribution in [0.2, 0.25) is 5.04 Å². The maximum Gasteiger partial charge on any atom is 0.261 e. The predicted molar refractivity (Wildman–Crippen MR) is 189 cm³/mol. The van der Waals surface area contributed by atoms with Crippen LogP contribution in [-0.4, -0.2) is 33.8 Å². The molecule has 1 atom stereocenters. The van der Waals surface area contributed by atoms with E-state index in [4.69, 9.17) is 4.43 Å². The van der Waals surface area contributed by atoms with Crippen molar-refractivity contribution >= 4 is 53.6 Å². The Hall–Kier alpha value is -4.43. The van der Waals surface area contributed by atoms with Crippen LogP contribution in [0.5, 0.6) is 0 Å². The lowest BCUT2D eigenvalue weighted by molar-refractivity contribution is 0.0879. The lowest BCUT2D eigenvalue weighted by Crippen LogP contribution is -2.66. The first-order valence-corrected chi connectivity index (χ1v) is 18.3. The highest BCUT2D eigenvalue weighted by Gasteiger charge is 2.50. The highest BCUT2D eigenvalue weighted by molar-refractivity contribution is 7.99. The van der Waals surface area contributed by atoms with Crippen LogP contribution < -0.4 is 20.6 Å². The molecule has 2 aliphatic heterocycles. The van der Waals surface area contributed by atoms with Crippen LogP contribution in [0, 0.1) is 0 Å². The minimum atomic E-state index is -2.88. The largest absolute Gasteiger partial charge is 0.406 e. The molecule has 0 fully saturated rings. The number of hydrogen-bond donors (Lipinski definition) is 1. The third-order valence-electron chi connectivity index (χ3n) is 9.25. The van der Waals surface area contributed by atoms with Crippen molar-refractivity contribution in [2.45, 2.75) is 41.5 Å². The van der Waals surface area contributed by atoms with Crippen LogP contribution in [0.15, 0.2) is 131 Å². The van der Waals surface area contributed by atoms with Crippen molar-refractivity contribution in [3.63, 3.8) is 0 Å². The number of amides is 2. The normalized spacial score (nSPS) is 14.7. The standard InChI is InChI=1S/C39H36N2O3SSi/c1-39(2,3)46(27-14-7-5-8-15-27,28-16-9-6-10-17-28)44-25-32(26-22-23-30-31(24-26)38(43)40-37(30)42)29-18-13-20-34-36(29)45-35-21-12-11-19-33(35)41(34)4/h5-24,32H,25H2,1-4H3,(H,40,42,43). The number of nitrogens with zero attached hydrogens (tertiary/aromatic N) is 1. The maximum absolute atomic E-state index is 12.9. The van der Waals surface area contributed by atoms with E-state index in [1.54, 1.807) is 17.8 Å². The average molecular weight is 641 g/mol. The molecule has 2 aliphatic rings. The van der Waals surface area contributed by atoms with Gasteiger partial charge in [0, 0.05) is 29.4 Å². The van der Waals surface area contributed by atoms with E-state index in [9.17, 15) is 9.59 Å². The van der Waals surface area contributed by atoms with Crippen molar-refractivity contribution in [1.82, 2.24) is 5.32 Å². The summed E-state index contributed by atoms with van der Waals surface area (Å²) >= 11 is 1.77. The van der Waals surface area contributed by atoms with Gasteiger partial charge in [0.1, 0.15) is 0 Å². The van der Waals surface area contributed by atoms with Crippen molar-refractivity contribution in [3.05, 3.63) is 144 Å². The van der Waals surface area contributed by atoms with E-state index >= 15 is 0 Å². The minimum Gasteiger partial charge on any atom is -0.406 e. The Morgan fingerprint density at radius 2 is 1.35 bits per heavy atom. The molecular weight excluding hydrogens is 605 g/mol. The Labute approximate surface area is 275 Å². The molecule has 230 valence electrons. The highest BCUT2D eigenvalue weighted by atomic mass is 32.2. The fraction of sp³-hybridized carbons (Fsp3) is 0.179. The summed E-state index contributed by atoms with van der Waals surface area (Å²) in [7, 11) is -0.769. The van der Waals surface area contributed by atoms with Crippen molar-refractivity contribution in [1.29, 1.82) is 0 Å². The quantitative estimate of drug-likeness (QED) is 0.147. The molecule has 5 aromatic carbocycles. The number of carbonyl (C=O) groups is 2. The smallest absolute Gasteiger partial charge is 0.261 e. The molecule has 0 bridgehead atoms. The number of rotatable bonds is 7. The van der Waals surface area contributed by atoms with E-state index in [0.29, 0.717) is 17.7 Å². The second-order valence-corrected chi connectivity index (χ2v) is 18.3. The Bertz CT molecular complexity index is 1920. The highest BCUT2D eigenvalue weighted by Crippen LogP contribution is 2.51. The molecule has 1 N–H and O–H groups in total. The van der Waals surface area contributed by atoms with E-state index in [2.05, 4.69) is 141 Å². The van der Waals surface area contributed by atoms with Gasteiger partial charge >= 0.3 is 0 Å². The summed E-state index contributed by atoms with van der Waals surface area (Å²) in [4.78, 5) is 30.0. The third kappa shape index (κ3) is 4.99. The van der Waals surface area contributed by atoms with Crippen LogP contribution in [0.1, 0.15) is 58.5 Å². The Kier molecular flexibility index (Phi) is 7.71. The molecule has 5 aromatic rings. The molecule has 0 saturated heterocycles. The van der Waals surface area contributed by atoms with Gasteiger partial charge in [-0.2, -0.15) is 0 Å². The van der Waals surface area contributed by atoms with Crippen LogP contribution in [0.4, 0.5) is 11.4 Å². The van der Waals surface area contributed by atoms with Gasteiger partial charge in [-0.3, -0.25) is 14.9 Å². The van der Waals surface area contributed by atoms with Gasteiger partial charge in [0.05, 0.1) is 22.5 Å². The molecule has 0 radical (unpaired) electrons. The monoisotopic (exact) mass is 640 g/mol. The van der Waals surface area contributed by atoms with Gasteiger partial charge in [0.25, 0.3) is 20.1 Å². The fourth-order valence-corrected chi connectivity index (χ4v) is 12.9. The second-order valence-electron chi connectivity index (χ2n) is 12.9. The first kappa shape index (κ1) is 30.2. The zero-order valence-electron chi connectivity index (χ0n) is 26.4. The number of hydrogen-bond acceptors (Lipinski definition) is 5. The van der Waals surface area contributed by atoms with Gasteiger partial charge in [-0.1, -0.05) is 124 Å². The number of benzene rings is 5. The number of fused-ring (bicyclic) bond motifs is 3. The van der Waals surface area contributed by atoms with Gasteiger partial charge in [-0.25, -0.2) is 0 Å². The van der Waals surface area contributed by atoms with Crippen LogP contribution in [0.25, 0.3) is 0 Å². The van der Waals surface area contributed by atoms with Gasteiger partial charge in [0.15, 0.2) is 0 Å². The molecule has 0 aromatic heterocycles. The van der Waals surface area contributed by atoms with E-state index in [0.717, 1.165) is 16.8 Å². The topological polar surface area (TPSA) is 58.6 Å². The SMILES string of the molecule is CN1c2ccccc2Sc2c(C(CO[Si](c3ccccc3)(c3ccccc3)C(C)(C)C)c3ccc4c(c3)C(=O)NC4=O)cccc21. The summed E-state index contributed by atoms with van der Waals surface area (Å²) in [6.07, 6.45) is 0.